The molecule has 0 amide bonds. The lowest BCUT2D eigenvalue weighted by molar-refractivity contribution is -0.187. The number of benzene rings is 2. The molecule has 2 aromatic carbocycles. The average Bonchev–Trinajstić information content (AvgIpc) is 2.56. The molecule has 0 saturated carbocycles. The van der Waals surface area contributed by atoms with Crippen molar-refractivity contribution in [3.05, 3.63) is 71.5 Å². The van der Waals surface area contributed by atoms with Gasteiger partial charge in [0.05, 0.1) is 11.8 Å². The number of aryl methyl sites for hydroxylation is 1. The van der Waals surface area contributed by atoms with Gasteiger partial charge in [0.15, 0.2) is 11.6 Å². The summed E-state index contributed by atoms with van der Waals surface area (Å²) in [6, 6.07) is 5.75. The second kappa shape index (κ2) is 8.83. The van der Waals surface area contributed by atoms with Crippen LogP contribution in [0.3, 0.4) is 0 Å². The fraction of sp³-hybridized carbons (Fsp3) is 0.263. The zero-order chi connectivity index (χ0) is 20.0. The van der Waals surface area contributed by atoms with E-state index >= 15 is 0 Å². The number of halogens is 6. The molecule has 2 aromatic rings. The number of allylic oxidation sites excluding steroid dienone is 1. The van der Waals surface area contributed by atoms with Crippen LogP contribution >= 0.6 is 0 Å². The third-order valence-corrected chi connectivity index (χ3v) is 3.45. The Morgan fingerprint density at radius 1 is 1.04 bits per heavy atom. The van der Waals surface area contributed by atoms with Crippen LogP contribution in [0, 0.1) is 11.6 Å². The molecule has 0 heterocycles. The van der Waals surface area contributed by atoms with Crippen LogP contribution < -0.4 is 9.47 Å². The molecule has 0 radical (unpaired) electrons. The summed E-state index contributed by atoms with van der Waals surface area (Å²) in [5.74, 6) is -3.29. The van der Waals surface area contributed by atoms with Crippen molar-refractivity contribution < 1.29 is 35.8 Å². The predicted octanol–water partition coefficient (Wildman–Crippen LogP) is 6.20. The van der Waals surface area contributed by atoms with Crippen LogP contribution in [0.4, 0.5) is 26.3 Å². The lowest BCUT2D eigenvalue weighted by atomic mass is 10.1. The number of rotatable bonds is 8. The minimum absolute atomic E-state index is 0.378. The van der Waals surface area contributed by atoms with Crippen molar-refractivity contribution in [3.8, 4) is 11.5 Å². The molecule has 2 nitrogen and oxygen atoms in total. The van der Waals surface area contributed by atoms with Crippen molar-refractivity contribution in [1.82, 2.24) is 0 Å². The van der Waals surface area contributed by atoms with E-state index in [0.29, 0.717) is 30.4 Å². The van der Waals surface area contributed by atoms with Crippen LogP contribution in [0.5, 0.6) is 11.5 Å². The molecule has 0 aromatic heterocycles. The van der Waals surface area contributed by atoms with Gasteiger partial charge in [0.2, 0.25) is 0 Å². The van der Waals surface area contributed by atoms with Gasteiger partial charge in [0, 0.05) is 12.1 Å². The second-order valence-corrected chi connectivity index (χ2v) is 5.56. The first-order valence-electron chi connectivity index (χ1n) is 7.99. The Hall–Kier alpha value is -2.64. The maximum absolute atomic E-state index is 14.2. The highest BCUT2D eigenvalue weighted by molar-refractivity contribution is 5.35. The van der Waals surface area contributed by atoms with Crippen LogP contribution in [0.1, 0.15) is 24.5 Å². The Kier molecular flexibility index (Phi) is 6.76. The van der Waals surface area contributed by atoms with Gasteiger partial charge >= 0.3 is 6.11 Å². The first-order chi connectivity index (χ1) is 12.7. The van der Waals surface area contributed by atoms with Gasteiger partial charge in [-0.25, -0.2) is 17.6 Å². The van der Waals surface area contributed by atoms with E-state index in [4.69, 9.17) is 0 Å². The van der Waals surface area contributed by atoms with Gasteiger partial charge in [-0.2, -0.15) is 8.78 Å². The van der Waals surface area contributed by atoms with E-state index in [1.165, 1.54) is 6.07 Å². The molecule has 0 aliphatic heterocycles. The van der Waals surface area contributed by atoms with Gasteiger partial charge in [0.25, 0.3) is 6.43 Å². The third kappa shape index (κ3) is 5.67. The van der Waals surface area contributed by atoms with E-state index in [2.05, 4.69) is 9.47 Å². The van der Waals surface area contributed by atoms with Gasteiger partial charge in [-0.3, -0.25) is 0 Å². The van der Waals surface area contributed by atoms with Crippen molar-refractivity contribution in [2.75, 3.05) is 0 Å². The molecule has 0 fully saturated rings. The largest absolute Gasteiger partial charge is 0.462 e. The molecule has 0 bridgehead atoms. The van der Waals surface area contributed by atoms with Crippen LogP contribution in [0.15, 0.2) is 48.7 Å². The SMILES string of the molecule is CCCc1ccc(C(F)(F)Oc2ccc(OC=CC(F)F)c(F)c2)c(F)c1. The molecular formula is C19H16F6O2. The lowest BCUT2D eigenvalue weighted by Gasteiger charge is -2.19. The number of ether oxygens (including phenoxy) is 2. The molecule has 0 atom stereocenters. The van der Waals surface area contributed by atoms with E-state index < -0.39 is 41.2 Å². The predicted molar refractivity (Wildman–Crippen MR) is 87.1 cm³/mol. The van der Waals surface area contributed by atoms with Gasteiger partial charge in [-0.05, 0) is 36.2 Å². The Bertz CT molecular complexity index is 805. The number of hydrogen-bond acceptors (Lipinski definition) is 2. The van der Waals surface area contributed by atoms with Crippen molar-refractivity contribution in [3.63, 3.8) is 0 Å². The molecule has 2 rings (SSSR count). The van der Waals surface area contributed by atoms with Crippen LogP contribution in [0.25, 0.3) is 0 Å². The molecule has 0 aliphatic carbocycles. The monoisotopic (exact) mass is 390 g/mol. The standard InChI is InChI=1S/C19H16F6O2/c1-2-3-12-4-6-14(15(20)10-12)19(24,25)27-13-5-7-17(16(21)11-13)26-9-8-18(22)23/h4-11,18H,2-3H2,1H3. The van der Waals surface area contributed by atoms with Crippen molar-refractivity contribution >= 4 is 0 Å². The van der Waals surface area contributed by atoms with E-state index in [1.807, 2.05) is 6.92 Å². The quantitative estimate of drug-likeness (QED) is 0.395. The summed E-state index contributed by atoms with van der Waals surface area (Å²) in [5, 5.41) is 0. The van der Waals surface area contributed by atoms with Crippen molar-refractivity contribution in [2.24, 2.45) is 0 Å². The smallest absolute Gasteiger partial charge is 0.429 e. The Balaban J connectivity index is 2.16. The normalized spacial score (nSPS) is 12.0. The third-order valence-electron chi connectivity index (χ3n) is 3.45. The Labute approximate surface area is 152 Å². The van der Waals surface area contributed by atoms with Crippen LogP contribution in [-0.4, -0.2) is 6.43 Å². The fourth-order valence-electron chi connectivity index (χ4n) is 2.25. The summed E-state index contributed by atoms with van der Waals surface area (Å²) >= 11 is 0. The highest BCUT2D eigenvalue weighted by Crippen LogP contribution is 2.35. The van der Waals surface area contributed by atoms with E-state index in [1.54, 1.807) is 0 Å². The number of hydrogen-bond donors (Lipinski definition) is 0. The summed E-state index contributed by atoms with van der Waals surface area (Å²) in [6.07, 6.45) is -4.61. The maximum atomic E-state index is 14.2. The summed E-state index contributed by atoms with van der Waals surface area (Å²) in [4.78, 5) is 0. The fourth-order valence-corrected chi connectivity index (χ4v) is 2.25. The second-order valence-electron chi connectivity index (χ2n) is 5.56. The van der Waals surface area contributed by atoms with Crippen molar-refractivity contribution in [1.29, 1.82) is 0 Å². The van der Waals surface area contributed by atoms with Crippen LogP contribution in [-0.2, 0) is 12.5 Å². The Morgan fingerprint density at radius 3 is 2.37 bits per heavy atom. The van der Waals surface area contributed by atoms with Crippen LogP contribution in [0.2, 0.25) is 0 Å². The minimum Gasteiger partial charge on any atom is -0.462 e. The molecule has 0 unspecified atom stereocenters. The van der Waals surface area contributed by atoms with Crippen molar-refractivity contribution in [2.45, 2.75) is 32.3 Å². The molecule has 0 N–H and O–H groups in total. The maximum Gasteiger partial charge on any atom is 0.429 e. The minimum atomic E-state index is -4.04. The molecule has 0 spiro atoms. The topological polar surface area (TPSA) is 18.5 Å². The van der Waals surface area contributed by atoms with Gasteiger partial charge in [-0.1, -0.05) is 19.4 Å². The summed E-state index contributed by atoms with van der Waals surface area (Å²) in [7, 11) is 0. The molecule has 27 heavy (non-hydrogen) atoms. The highest BCUT2D eigenvalue weighted by atomic mass is 19.3. The molecule has 8 heteroatoms. The molecule has 0 aliphatic rings. The molecular weight excluding hydrogens is 374 g/mol. The zero-order valence-corrected chi connectivity index (χ0v) is 14.2. The molecule has 0 saturated heterocycles. The summed E-state index contributed by atoms with van der Waals surface area (Å²) in [5.41, 5.74) is -0.415. The first kappa shape index (κ1) is 20.7. The van der Waals surface area contributed by atoms with Gasteiger partial charge < -0.3 is 9.47 Å². The van der Waals surface area contributed by atoms with E-state index in [-0.39, 0.29) is 0 Å². The van der Waals surface area contributed by atoms with E-state index in [9.17, 15) is 26.3 Å². The molecule has 146 valence electrons. The average molecular weight is 390 g/mol. The van der Waals surface area contributed by atoms with Gasteiger partial charge in [0.1, 0.15) is 11.6 Å². The zero-order valence-electron chi connectivity index (χ0n) is 14.2. The number of alkyl halides is 4. The first-order valence-corrected chi connectivity index (χ1v) is 7.99. The highest BCUT2D eigenvalue weighted by Gasteiger charge is 2.37. The summed E-state index contributed by atoms with van der Waals surface area (Å²) < 4.78 is 89.3. The van der Waals surface area contributed by atoms with E-state index in [0.717, 1.165) is 30.7 Å². The van der Waals surface area contributed by atoms with Gasteiger partial charge in [-0.15, -0.1) is 0 Å². The Morgan fingerprint density at radius 2 is 1.78 bits per heavy atom. The summed E-state index contributed by atoms with van der Waals surface area (Å²) in [6.45, 7) is 1.87. The lowest BCUT2D eigenvalue weighted by Crippen LogP contribution is -2.23.